The van der Waals surface area contributed by atoms with Gasteiger partial charge in [0.25, 0.3) is 5.91 Å². The number of hydrogen-bond donors (Lipinski definition) is 1. The van der Waals surface area contributed by atoms with Crippen LogP contribution in [-0.4, -0.2) is 34.8 Å². The van der Waals surface area contributed by atoms with Crippen molar-refractivity contribution in [3.8, 4) is 5.69 Å². The van der Waals surface area contributed by atoms with Gasteiger partial charge in [0.05, 0.1) is 24.6 Å². The molecule has 2 rings (SSSR count). The highest BCUT2D eigenvalue weighted by molar-refractivity contribution is 6.30. The van der Waals surface area contributed by atoms with Crippen molar-refractivity contribution in [2.75, 3.05) is 7.11 Å². The number of amides is 1. The van der Waals surface area contributed by atoms with Crippen molar-refractivity contribution in [3.05, 3.63) is 47.2 Å². The molecule has 134 valence electrons. The van der Waals surface area contributed by atoms with Crippen LogP contribution in [0.5, 0.6) is 0 Å². The topological polar surface area (TPSA) is 73.2 Å². The number of carbonyl (C=O) groups is 2. The van der Waals surface area contributed by atoms with Crippen molar-refractivity contribution >= 4 is 23.5 Å². The molecule has 1 aromatic heterocycles. The van der Waals surface area contributed by atoms with Crippen LogP contribution in [0.4, 0.5) is 0 Å². The number of aromatic nitrogens is 2. The lowest BCUT2D eigenvalue weighted by Crippen LogP contribution is -2.41. The Balaban J connectivity index is 2.05. The molecule has 1 atom stereocenters. The summed E-state index contributed by atoms with van der Waals surface area (Å²) in [5, 5.41) is 7.54. The van der Waals surface area contributed by atoms with E-state index in [1.165, 1.54) is 13.3 Å². The van der Waals surface area contributed by atoms with Gasteiger partial charge in [0, 0.05) is 11.2 Å². The van der Waals surface area contributed by atoms with Crippen LogP contribution < -0.4 is 5.32 Å². The van der Waals surface area contributed by atoms with Gasteiger partial charge in [-0.2, -0.15) is 5.10 Å². The van der Waals surface area contributed by atoms with Crippen molar-refractivity contribution in [2.24, 2.45) is 0 Å². The molecule has 0 saturated heterocycles. The summed E-state index contributed by atoms with van der Waals surface area (Å²) in [6.45, 7) is 2.08. The lowest BCUT2D eigenvalue weighted by Gasteiger charge is -2.15. The molecule has 0 aliphatic carbocycles. The Kier molecular flexibility index (Phi) is 7.01. The van der Waals surface area contributed by atoms with Crippen molar-refractivity contribution in [1.29, 1.82) is 0 Å². The molecule has 0 aliphatic rings. The Morgan fingerprint density at radius 2 is 2.00 bits per heavy atom. The molecule has 1 aromatic carbocycles. The lowest BCUT2D eigenvalue weighted by molar-refractivity contribution is -0.143. The van der Waals surface area contributed by atoms with Crippen LogP contribution in [-0.2, 0) is 9.53 Å². The summed E-state index contributed by atoms with van der Waals surface area (Å²) in [5.74, 6) is -0.790. The van der Waals surface area contributed by atoms with Crippen LogP contribution in [0.15, 0.2) is 36.7 Å². The first-order chi connectivity index (χ1) is 12.0. The van der Waals surface area contributed by atoms with Crippen LogP contribution in [0, 0.1) is 0 Å². The predicted octanol–water partition coefficient (Wildman–Crippen LogP) is 3.38. The fourth-order valence-electron chi connectivity index (χ4n) is 2.41. The Morgan fingerprint density at radius 1 is 1.28 bits per heavy atom. The lowest BCUT2D eigenvalue weighted by atomic mass is 10.1. The fraction of sp³-hybridized carbons (Fsp3) is 0.389. The van der Waals surface area contributed by atoms with E-state index in [2.05, 4.69) is 17.3 Å². The fourth-order valence-corrected chi connectivity index (χ4v) is 2.53. The zero-order valence-corrected chi connectivity index (χ0v) is 15.1. The van der Waals surface area contributed by atoms with E-state index in [-0.39, 0.29) is 5.91 Å². The number of hydrogen-bond acceptors (Lipinski definition) is 4. The number of halogens is 1. The van der Waals surface area contributed by atoms with Gasteiger partial charge >= 0.3 is 5.97 Å². The van der Waals surface area contributed by atoms with Crippen LogP contribution in [0.1, 0.15) is 43.0 Å². The minimum absolute atomic E-state index is 0.355. The standard InChI is InChI=1S/C18H22ClN3O3/c1-3-4-5-6-16(18(24)25-2)21-17(23)13-11-20-22(12-13)15-9-7-14(19)8-10-15/h7-12,16H,3-6H2,1-2H3,(H,21,23)/t16-/m0/s1. The summed E-state index contributed by atoms with van der Waals surface area (Å²) in [4.78, 5) is 24.3. The molecule has 0 unspecified atom stereocenters. The number of nitrogens with one attached hydrogen (secondary N) is 1. The number of carbonyl (C=O) groups excluding carboxylic acids is 2. The summed E-state index contributed by atoms with van der Waals surface area (Å²) in [6, 6.07) is 6.46. The Morgan fingerprint density at radius 3 is 2.64 bits per heavy atom. The summed E-state index contributed by atoms with van der Waals surface area (Å²) in [6.07, 6.45) is 6.51. The van der Waals surface area contributed by atoms with Crippen molar-refractivity contribution < 1.29 is 14.3 Å². The third kappa shape index (κ3) is 5.32. The number of nitrogens with zero attached hydrogens (tertiary/aromatic N) is 2. The quantitative estimate of drug-likeness (QED) is 0.576. The first-order valence-corrected chi connectivity index (χ1v) is 8.62. The van der Waals surface area contributed by atoms with Crippen molar-refractivity contribution in [3.63, 3.8) is 0 Å². The molecule has 0 radical (unpaired) electrons. The van der Waals surface area contributed by atoms with E-state index in [9.17, 15) is 9.59 Å². The number of methoxy groups -OCH3 is 1. The van der Waals surface area contributed by atoms with Crippen LogP contribution >= 0.6 is 11.6 Å². The van der Waals surface area contributed by atoms with Gasteiger partial charge in [0.15, 0.2) is 0 Å². The van der Waals surface area contributed by atoms with E-state index < -0.39 is 12.0 Å². The Labute approximate surface area is 152 Å². The molecule has 7 heteroatoms. The van der Waals surface area contributed by atoms with Gasteiger partial charge in [0.1, 0.15) is 6.04 Å². The van der Waals surface area contributed by atoms with E-state index in [0.717, 1.165) is 24.9 Å². The number of esters is 1. The summed E-state index contributed by atoms with van der Waals surface area (Å²) >= 11 is 5.87. The molecule has 1 heterocycles. The van der Waals surface area contributed by atoms with E-state index in [1.807, 2.05) is 0 Å². The minimum Gasteiger partial charge on any atom is -0.467 e. The second-order valence-electron chi connectivity index (χ2n) is 5.69. The highest BCUT2D eigenvalue weighted by atomic mass is 35.5. The molecule has 25 heavy (non-hydrogen) atoms. The molecule has 2 aromatic rings. The smallest absolute Gasteiger partial charge is 0.328 e. The largest absolute Gasteiger partial charge is 0.467 e. The van der Waals surface area contributed by atoms with Gasteiger partial charge in [0.2, 0.25) is 0 Å². The van der Waals surface area contributed by atoms with Gasteiger partial charge in [-0.3, -0.25) is 4.79 Å². The van der Waals surface area contributed by atoms with Crippen LogP contribution in [0.3, 0.4) is 0 Å². The molecule has 0 spiro atoms. The monoisotopic (exact) mass is 363 g/mol. The Hall–Kier alpha value is -2.34. The second kappa shape index (κ2) is 9.22. The third-order valence-electron chi connectivity index (χ3n) is 3.82. The van der Waals surface area contributed by atoms with E-state index >= 15 is 0 Å². The van der Waals surface area contributed by atoms with Gasteiger partial charge in [-0.15, -0.1) is 0 Å². The molecule has 0 saturated carbocycles. The normalized spacial score (nSPS) is 11.8. The second-order valence-corrected chi connectivity index (χ2v) is 6.13. The first kappa shape index (κ1) is 19.0. The zero-order chi connectivity index (χ0) is 18.2. The maximum Gasteiger partial charge on any atom is 0.328 e. The molecule has 6 nitrogen and oxygen atoms in total. The zero-order valence-electron chi connectivity index (χ0n) is 14.4. The first-order valence-electron chi connectivity index (χ1n) is 8.24. The Bertz CT molecular complexity index is 713. The highest BCUT2D eigenvalue weighted by Crippen LogP contribution is 2.14. The van der Waals surface area contributed by atoms with Crippen molar-refractivity contribution in [2.45, 2.75) is 38.6 Å². The van der Waals surface area contributed by atoms with Crippen molar-refractivity contribution in [1.82, 2.24) is 15.1 Å². The average molecular weight is 364 g/mol. The molecule has 1 amide bonds. The van der Waals surface area contributed by atoms with E-state index in [1.54, 1.807) is 35.1 Å². The van der Waals surface area contributed by atoms with Gasteiger partial charge < -0.3 is 10.1 Å². The number of rotatable bonds is 8. The maximum absolute atomic E-state index is 12.4. The van der Waals surface area contributed by atoms with Crippen LogP contribution in [0.25, 0.3) is 5.69 Å². The summed E-state index contributed by atoms with van der Waals surface area (Å²) < 4.78 is 6.36. The molecular formula is C18H22ClN3O3. The SMILES string of the molecule is CCCCC[C@H](NC(=O)c1cnn(-c2ccc(Cl)cc2)c1)C(=O)OC. The maximum atomic E-state index is 12.4. The molecule has 1 N–H and O–H groups in total. The molecular weight excluding hydrogens is 342 g/mol. The molecule has 0 aliphatic heterocycles. The number of unbranched alkanes of at least 4 members (excludes halogenated alkanes) is 2. The van der Waals surface area contributed by atoms with Gasteiger partial charge in [-0.25, -0.2) is 9.48 Å². The predicted molar refractivity (Wildman–Crippen MR) is 96.0 cm³/mol. The molecule has 0 bridgehead atoms. The molecule has 0 fully saturated rings. The number of benzene rings is 1. The summed E-state index contributed by atoms with van der Waals surface area (Å²) in [5.41, 5.74) is 1.16. The minimum atomic E-state index is -0.650. The third-order valence-corrected chi connectivity index (χ3v) is 4.08. The van der Waals surface area contributed by atoms with E-state index in [4.69, 9.17) is 16.3 Å². The highest BCUT2D eigenvalue weighted by Gasteiger charge is 2.22. The van der Waals surface area contributed by atoms with Gasteiger partial charge in [-0.05, 0) is 30.7 Å². The average Bonchev–Trinajstić information content (AvgIpc) is 3.11. The van der Waals surface area contributed by atoms with Gasteiger partial charge in [-0.1, -0.05) is 37.8 Å². The van der Waals surface area contributed by atoms with Crippen LogP contribution in [0.2, 0.25) is 5.02 Å². The van der Waals surface area contributed by atoms with E-state index in [0.29, 0.717) is 17.0 Å². The summed E-state index contributed by atoms with van der Waals surface area (Å²) in [7, 11) is 1.32. The number of ether oxygens (including phenoxy) is 1.